The summed E-state index contributed by atoms with van der Waals surface area (Å²) in [7, 11) is 0. The van der Waals surface area contributed by atoms with E-state index < -0.39 is 0 Å². The number of nitrogens with one attached hydrogen (secondary N) is 1. The van der Waals surface area contributed by atoms with Gasteiger partial charge in [0.2, 0.25) is 0 Å². The Bertz CT molecular complexity index is 246. The lowest BCUT2D eigenvalue weighted by atomic mass is 10.1. The van der Waals surface area contributed by atoms with Crippen molar-refractivity contribution in [2.75, 3.05) is 6.54 Å². The van der Waals surface area contributed by atoms with Crippen LogP contribution in [0.15, 0.2) is 30.3 Å². The van der Waals surface area contributed by atoms with Gasteiger partial charge in [-0.2, -0.15) is 0 Å². The predicted octanol–water partition coefficient (Wildman–Crippen LogP) is 1.59. The molecule has 0 radical (unpaired) electrons. The maximum Gasteiger partial charge on any atom is 0.0704 e. The van der Waals surface area contributed by atoms with E-state index in [4.69, 9.17) is 0 Å². The molecule has 1 aromatic rings. The molecule has 1 atom stereocenters. The first-order valence-electron chi connectivity index (χ1n) is 5.14. The first-order chi connectivity index (χ1) is 6.68. The van der Waals surface area contributed by atoms with E-state index >= 15 is 0 Å². The van der Waals surface area contributed by atoms with E-state index in [-0.39, 0.29) is 6.10 Å². The fourth-order valence-electron chi connectivity index (χ4n) is 1.33. The molecule has 2 nitrogen and oxygen atoms in total. The van der Waals surface area contributed by atoms with Gasteiger partial charge in [-0.05, 0) is 12.0 Å². The zero-order valence-electron chi connectivity index (χ0n) is 8.90. The average molecular weight is 193 g/mol. The van der Waals surface area contributed by atoms with Gasteiger partial charge < -0.3 is 10.4 Å². The Hall–Kier alpha value is -0.860. The molecule has 78 valence electrons. The minimum absolute atomic E-state index is 0.292. The minimum atomic E-state index is -0.292. The quantitative estimate of drug-likeness (QED) is 0.744. The van der Waals surface area contributed by atoms with Gasteiger partial charge in [-0.15, -0.1) is 0 Å². The SMILES string of the molecule is CC(C)NC[C@@H](O)Cc1ccccc1. The van der Waals surface area contributed by atoms with Crippen molar-refractivity contribution in [3.8, 4) is 0 Å². The van der Waals surface area contributed by atoms with E-state index in [1.165, 1.54) is 5.56 Å². The van der Waals surface area contributed by atoms with Crippen LogP contribution in [0, 0.1) is 0 Å². The van der Waals surface area contributed by atoms with Crippen molar-refractivity contribution >= 4 is 0 Å². The zero-order chi connectivity index (χ0) is 10.4. The molecule has 0 aromatic heterocycles. The molecule has 0 spiro atoms. The smallest absolute Gasteiger partial charge is 0.0704 e. The van der Waals surface area contributed by atoms with Gasteiger partial charge in [0.1, 0.15) is 0 Å². The van der Waals surface area contributed by atoms with Crippen LogP contribution >= 0.6 is 0 Å². The maximum atomic E-state index is 9.69. The number of hydrogen-bond acceptors (Lipinski definition) is 2. The summed E-state index contributed by atoms with van der Waals surface area (Å²) in [6, 6.07) is 10.5. The molecule has 0 bridgehead atoms. The fraction of sp³-hybridized carbons (Fsp3) is 0.500. The lowest BCUT2D eigenvalue weighted by Gasteiger charge is -2.13. The van der Waals surface area contributed by atoms with Crippen LogP contribution in [-0.2, 0) is 6.42 Å². The van der Waals surface area contributed by atoms with Gasteiger partial charge in [-0.1, -0.05) is 44.2 Å². The van der Waals surface area contributed by atoms with E-state index in [1.54, 1.807) is 0 Å². The van der Waals surface area contributed by atoms with Gasteiger partial charge in [0.15, 0.2) is 0 Å². The average Bonchev–Trinajstić information content (AvgIpc) is 2.16. The Morgan fingerprint density at radius 3 is 2.43 bits per heavy atom. The van der Waals surface area contributed by atoms with Crippen LogP contribution in [0.2, 0.25) is 0 Å². The highest BCUT2D eigenvalue weighted by Gasteiger charge is 2.05. The highest BCUT2D eigenvalue weighted by atomic mass is 16.3. The van der Waals surface area contributed by atoms with Crippen LogP contribution in [0.1, 0.15) is 19.4 Å². The fourth-order valence-corrected chi connectivity index (χ4v) is 1.33. The molecule has 1 rings (SSSR count). The lowest BCUT2D eigenvalue weighted by molar-refractivity contribution is 0.169. The lowest BCUT2D eigenvalue weighted by Crippen LogP contribution is -2.32. The Kier molecular flexibility index (Phi) is 4.63. The molecule has 0 unspecified atom stereocenters. The van der Waals surface area contributed by atoms with Crippen LogP contribution in [0.5, 0.6) is 0 Å². The summed E-state index contributed by atoms with van der Waals surface area (Å²) in [5, 5.41) is 12.9. The molecule has 0 fully saturated rings. The molecule has 14 heavy (non-hydrogen) atoms. The third kappa shape index (κ3) is 4.40. The van der Waals surface area contributed by atoms with Crippen LogP contribution < -0.4 is 5.32 Å². The van der Waals surface area contributed by atoms with E-state index in [0.717, 1.165) is 6.42 Å². The van der Waals surface area contributed by atoms with Crippen LogP contribution in [-0.4, -0.2) is 23.8 Å². The van der Waals surface area contributed by atoms with Crippen molar-refractivity contribution in [2.24, 2.45) is 0 Å². The first kappa shape index (κ1) is 11.2. The monoisotopic (exact) mass is 193 g/mol. The van der Waals surface area contributed by atoms with Gasteiger partial charge >= 0.3 is 0 Å². The number of rotatable bonds is 5. The predicted molar refractivity (Wildman–Crippen MR) is 59.3 cm³/mol. The second-order valence-corrected chi connectivity index (χ2v) is 3.91. The van der Waals surface area contributed by atoms with Gasteiger partial charge in [-0.3, -0.25) is 0 Å². The summed E-state index contributed by atoms with van der Waals surface area (Å²) >= 11 is 0. The molecule has 2 N–H and O–H groups in total. The Morgan fingerprint density at radius 2 is 1.86 bits per heavy atom. The topological polar surface area (TPSA) is 32.3 Å². The largest absolute Gasteiger partial charge is 0.391 e. The van der Waals surface area contributed by atoms with E-state index in [2.05, 4.69) is 19.2 Å². The standard InChI is InChI=1S/C12H19NO/c1-10(2)13-9-12(14)8-11-6-4-3-5-7-11/h3-7,10,12-14H,8-9H2,1-2H3/t12-/m0/s1. The highest BCUT2D eigenvalue weighted by Crippen LogP contribution is 2.02. The third-order valence-electron chi connectivity index (χ3n) is 2.08. The van der Waals surface area contributed by atoms with Crippen LogP contribution in [0.4, 0.5) is 0 Å². The van der Waals surface area contributed by atoms with Crippen molar-refractivity contribution < 1.29 is 5.11 Å². The summed E-state index contributed by atoms with van der Waals surface area (Å²) < 4.78 is 0. The van der Waals surface area contributed by atoms with Crippen molar-refractivity contribution in [3.05, 3.63) is 35.9 Å². The Balaban J connectivity index is 2.30. The van der Waals surface area contributed by atoms with Crippen molar-refractivity contribution in [1.29, 1.82) is 0 Å². The summed E-state index contributed by atoms with van der Waals surface area (Å²) in [6.07, 6.45) is 0.431. The number of aliphatic hydroxyl groups excluding tert-OH is 1. The molecule has 0 saturated carbocycles. The molecule has 0 amide bonds. The molecule has 0 aliphatic rings. The number of hydrogen-bond donors (Lipinski definition) is 2. The normalized spacial score (nSPS) is 13.1. The molecule has 0 heterocycles. The van der Waals surface area contributed by atoms with Crippen molar-refractivity contribution in [3.63, 3.8) is 0 Å². The Morgan fingerprint density at radius 1 is 1.21 bits per heavy atom. The number of aliphatic hydroxyl groups is 1. The summed E-state index contributed by atoms with van der Waals surface area (Å²) in [6.45, 7) is 4.82. The molecule has 0 saturated heterocycles. The third-order valence-corrected chi connectivity index (χ3v) is 2.08. The maximum absolute atomic E-state index is 9.69. The van der Waals surface area contributed by atoms with Crippen molar-refractivity contribution in [2.45, 2.75) is 32.4 Å². The van der Waals surface area contributed by atoms with Gasteiger partial charge in [-0.25, -0.2) is 0 Å². The number of benzene rings is 1. The minimum Gasteiger partial charge on any atom is -0.391 e. The van der Waals surface area contributed by atoms with Gasteiger partial charge in [0.05, 0.1) is 6.10 Å². The summed E-state index contributed by atoms with van der Waals surface area (Å²) in [5.74, 6) is 0. The molecular weight excluding hydrogens is 174 g/mol. The molecule has 0 aliphatic heterocycles. The summed E-state index contributed by atoms with van der Waals surface area (Å²) in [5.41, 5.74) is 1.19. The second kappa shape index (κ2) is 5.78. The summed E-state index contributed by atoms with van der Waals surface area (Å²) in [4.78, 5) is 0. The van der Waals surface area contributed by atoms with Crippen molar-refractivity contribution in [1.82, 2.24) is 5.32 Å². The Labute approximate surface area is 86.0 Å². The van der Waals surface area contributed by atoms with Crippen LogP contribution in [0.25, 0.3) is 0 Å². The van der Waals surface area contributed by atoms with Gasteiger partial charge in [0.25, 0.3) is 0 Å². The highest BCUT2D eigenvalue weighted by molar-refractivity contribution is 5.15. The second-order valence-electron chi connectivity index (χ2n) is 3.91. The molecular formula is C12H19NO. The van der Waals surface area contributed by atoms with Crippen LogP contribution in [0.3, 0.4) is 0 Å². The van der Waals surface area contributed by atoms with E-state index in [9.17, 15) is 5.11 Å². The zero-order valence-corrected chi connectivity index (χ0v) is 8.90. The molecule has 1 aromatic carbocycles. The van der Waals surface area contributed by atoms with E-state index in [0.29, 0.717) is 12.6 Å². The first-order valence-corrected chi connectivity index (χ1v) is 5.14. The molecule has 0 aliphatic carbocycles. The molecule has 2 heteroatoms. The van der Waals surface area contributed by atoms with Gasteiger partial charge in [0, 0.05) is 12.6 Å². The van der Waals surface area contributed by atoms with E-state index in [1.807, 2.05) is 30.3 Å².